The predicted molar refractivity (Wildman–Crippen MR) is 89.6 cm³/mol. The lowest BCUT2D eigenvalue weighted by atomic mass is 9.89. The molecule has 1 aromatic heterocycles. The van der Waals surface area contributed by atoms with Crippen LogP contribution in [0.1, 0.15) is 82.8 Å². The third-order valence-corrected chi connectivity index (χ3v) is 4.94. The van der Waals surface area contributed by atoms with Gasteiger partial charge in [-0.25, -0.2) is 0 Å². The molecule has 1 N–H and O–H groups in total. The highest BCUT2D eigenvalue weighted by molar-refractivity contribution is 5.30. The van der Waals surface area contributed by atoms with Crippen LogP contribution in [0.25, 0.3) is 0 Å². The van der Waals surface area contributed by atoms with E-state index in [9.17, 15) is 0 Å². The predicted octanol–water partition coefficient (Wildman–Crippen LogP) is 4.26. The van der Waals surface area contributed by atoms with Gasteiger partial charge in [-0.05, 0) is 45.1 Å². The number of aromatic nitrogens is 2. The van der Waals surface area contributed by atoms with E-state index < -0.39 is 0 Å². The second kappa shape index (κ2) is 7.98. The van der Waals surface area contributed by atoms with Gasteiger partial charge in [0.1, 0.15) is 0 Å². The Labute approximate surface area is 130 Å². The first-order valence-electron chi connectivity index (χ1n) is 9.02. The first-order chi connectivity index (χ1) is 10.2. The van der Waals surface area contributed by atoms with Gasteiger partial charge in [-0.3, -0.25) is 4.68 Å². The van der Waals surface area contributed by atoms with Crippen LogP contribution < -0.4 is 5.32 Å². The lowest BCUT2D eigenvalue weighted by molar-refractivity contribution is 0.304. The molecule has 120 valence electrons. The summed E-state index contributed by atoms with van der Waals surface area (Å²) in [7, 11) is 0. The average molecular weight is 291 g/mol. The highest BCUT2D eigenvalue weighted by Crippen LogP contribution is 2.28. The molecule has 0 aromatic carbocycles. The number of nitrogens with zero attached hydrogens (tertiary/aromatic N) is 2. The summed E-state index contributed by atoms with van der Waals surface area (Å²) in [6, 6.07) is 0.417. The molecular weight excluding hydrogens is 258 g/mol. The number of nitrogens with one attached hydrogen (secondary N) is 1. The van der Waals surface area contributed by atoms with Crippen LogP contribution in [0.4, 0.5) is 0 Å². The summed E-state index contributed by atoms with van der Waals surface area (Å²) in [6.07, 6.45) is 9.16. The molecular formula is C18H33N3. The second-order valence-corrected chi connectivity index (χ2v) is 6.48. The monoisotopic (exact) mass is 291 g/mol. The van der Waals surface area contributed by atoms with Crippen molar-refractivity contribution in [3.05, 3.63) is 17.0 Å². The molecule has 0 radical (unpaired) electrons. The van der Waals surface area contributed by atoms with Crippen molar-refractivity contribution < 1.29 is 0 Å². The number of hydrogen-bond donors (Lipinski definition) is 1. The molecule has 1 heterocycles. The topological polar surface area (TPSA) is 29.9 Å². The molecule has 3 heteroatoms. The van der Waals surface area contributed by atoms with Crippen molar-refractivity contribution in [3.8, 4) is 0 Å². The van der Waals surface area contributed by atoms with Crippen molar-refractivity contribution in [3.63, 3.8) is 0 Å². The zero-order valence-corrected chi connectivity index (χ0v) is 14.4. The van der Waals surface area contributed by atoms with Gasteiger partial charge in [-0.2, -0.15) is 5.10 Å². The van der Waals surface area contributed by atoms with Gasteiger partial charge in [0.05, 0.1) is 5.69 Å². The molecule has 0 saturated heterocycles. The molecule has 1 unspecified atom stereocenters. The molecule has 1 fully saturated rings. The Bertz CT molecular complexity index is 430. The van der Waals surface area contributed by atoms with Crippen molar-refractivity contribution in [1.29, 1.82) is 0 Å². The van der Waals surface area contributed by atoms with Crippen LogP contribution in [0.15, 0.2) is 0 Å². The smallest absolute Gasteiger partial charge is 0.0672 e. The second-order valence-electron chi connectivity index (χ2n) is 6.48. The molecule has 1 aromatic rings. The molecule has 1 aliphatic carbocycles. The van der Waals surface area contributed by atoms with Crippen LogP contribution in [0.3, 0.4) is 0 Å². The lowest BCUT2D eigenvalue weighted by Crippen LogP contribution is -2.21. The maximum absolute atomic E-state index is 4.97. The van der Waals surface area contributed by atoms with Crippen LogP contribution in [-0.4, -0.2) is 16.3 Å². The van der Waals surface area contributed by atoms with E-state index in [0.29, 0.717) is 6.04 Å². The highest BCUT2D eigenvalue weighted by atomic mass is 15.3. The molecule has 0 aliphatic heterocycles. The Morgan fingerprint density at radius 1 is 1.14 bits per heavy atom. The van der Waals surface area contributed by atoms with Crippen molar-refractivity contribution >= 4 is 0 Å². The Kier molecular flexibility index (Phi) is 6.28. The minimum absolute atomic E-state index is 0.417. The fourth-order valence-electron chi connectivity index (χ4n) is 3.87. The molecule has 0 amide bonds. The van der Waals surface area contributed by atoms with Gasteiger partial charge in [-0.15, -0.1) is 0 Å². The zero-order valence-electron chi connectivity index (χ0n) is 14.4. The van der Waals surface area contributed by atoms with Crippen molar-refractivity contribution in [2.24, 2.45) is 5.92 Å². The maximum Gasteiger partial charge on any atom is 0.0672 e. The van der Waals surface area contributed by atoms with Crippen molar-refractivity contribution in [1.82, 2.24) is 15.1 Å². The summed E-state index contributed by atoms with van der Waals surface area (Å²) < 4.78 is 2.35. The van der Waals surface area contributed by atoms with E-state index >= 15 is 0 Å². The van der Waals surface area contributed by atoms with Gasteiger partial charge in [0, 0.05) is 23.8 Å². The summed E-state index contributed by atoms with van der Waals surface area (Å²) in [5.74, 6) is 0.843. The summed E-state index contributed by atoms with van der Waals surface area (Å²) in [4.78, 5) is 0. The van der Waals surface area contributed by atoms with Crippen LogP contribution in [0.5, 0.6) is 0 Å². The fraction of sp³-hybridized carbons (Fsp3) is 0.833. The fourth-order valence-corrected chi connectivity index (χ4v) is 3.87. The standard InChI is InChI=1S/C18H33N3/c1-5-16-18(14(4)19-7-3)17(6-2)21(20-16)13-15-11-9-8-10-12-15/h14-15,19H,5-13H2,1-4H3. The Balaban J connectivity index is 2.23. The van der Waals surface area contributed by atoms with E-state index in [-0.39, 0.29) is 0 Å². The van der Waals surface area contributed by atoms with E-state index in [1.165, 1.54) is 49.1 Å². The first-order valence-corrected chi connectivity index (χ1v) is 9.02. The van der Waals surface area contributed by atoms with E-state index in [2.05, 4.69) is 37.7 Å². The Morgan fingerprint density at radius 3 is 2.43 bits per heavy atom. The Hall–Kier alpha value is -0.830. The quantitative estimate of drug-likeness (QED) is 0.813. The first kappa shape index (κ1) is 16.5. The molecule has 1 atom stereocenters. The third kappa shape index (κ3) is 3.88. The summed E-state index contributed by atoms with van der Waals surface area (Å²) in [5, 5.41) is 8.55. The largest absolute Gasteiger partial charge is 0.310 e. The van der Waals surface area contributed by atoms with E-state index in [4.69, 9.17) is 5.10 Å². The lowest BCUT2D eigenvalue weighted by Gasteiger charge is -2.22. The van der Waals surface area contributed by atoms with Crippen LogP contribution in [0, 0.1) is 5.92 Å². The van der Waals surface area contributed by atoms with Gasteiger partial charge in [0.25, 0.3) is 0 Å². The highest BCUT2D eigenvalue weighted by Gasteiger charge is 2.22. The third-order valence-electron chi connectivity index (χ3n) is 4.94. The minimum Gasteiger partial charge on any atom is -0.310 e. The van der Waals surface area contributed by atoms with Gasteiger partial charge in [0.15, 0.2) is 0 Å². The van der Waals surface area contributed by atoms with E-state index in [0.717, 1.165) is 31.8 Å². The van der Waals surface area contributed by atoms with Gasteiger partial charge < -0.3 is 5.32 Å². The number of aryl methyl sites for hydroxylation is 1. The summed E-state index contributed by atoms with van der Waals surface area (Å²) in [6.45, 7) is 11.1. The molecule has 2 rings (SSSR count). The number of hydrogen-bond acceptors (Lipinski definition) is 2. The summed E-state index contributed by atoms with van der Waals surface area (Å²) in [5.41, 5.74) is 4.24. The average Bonchev–Trinajstić information content (AvgIpc) is 2.86. The SMILES string of the molecule is CCNC(C)c1c(CC)nn(CC2CCCCC2)c1CC. The molecule has 21 heavy (non-hydrogen) atoms. The van der Waals surface area contributed by atoms with E-state index in [1.807, 2.05) is 0 Å². The molecule has 0 bridgehead atoms. The number of rotatable bonds is 7. The molecule has 0 spiro atoms. The van der Waals surface area contributed by atoms with Crippen molar-refractivity contribution in [2.75, 3.05) is 6.54 Å². The van der Waals surface area contributed by atoms with Gasteiger partial charge in [0.2, 0.25) is 0 Å². The van der Waals surface area contributed by atoms with Crippen LogP contribution in [0.2, 0.25) is 0 Å². The van der Waals surface area contributed by atoms with Gasteiger partial charge >= 0.3 is 0 Å². The zero-order chi connectivity index (χ0) is 15.2. The minimum atomic E-state index is 0.417. The van der Waals surface area contributed by atoms with Crippen molar-refractivity contribution in [2.45, 2.75) is 85.2 Å². The van der Waals surface area contributed by atoms with E-state index in [1.54, 1.807) is 0 Å². The molecule has 1 saturated carbocycles. The maximum atomic E-state index is 4.97. The molecule has 3 nitrogen and oxygen atoms in total. The Morgan fingerprint density at radius 2 is 1.86 bits per heavy atom. The van der Waals surface area contributed by atoms with Crippen LogP contribution >= 0.6 is 0 Å². The van der Waals surface area contributed by atoms with Gasteiger partial charge in [-0.1, -0.05) is 40.0 Å². The normalized spacial score (nSPS) is 18.1. The summed E-state index contributed by atoms with van der Waals surface area (Å²) >= 11 is 0. The molecule has 1 aliphatic rings. The van der Waals surface area contributed by atoms with Crippen LogP contribution in [-0.2, 0) is 19.4 Å².